The lowest BCUT2D eigenvalue weighted by Crippen LogP contribution is -2.29. The second-order valence-corrected chi connectivity index (χ2v) is 7.54. The third-order valence-corrected chi connectivity index (χ3v) is 4.84. The molecular formula is C19H22BrNO2S. The standard InChI is InChI=1S/C19H22BrNO2S/c1-14-9-15(2)11-18(10-14)23-8-7-21-19(22)13-24-12-16-3-5-17(20)6-4-16/h3-6,9-11H,7-8,12-13H2,1-2H3,(H,21,22). The maximum absolute atomic E-state index is 11.8. The molecule has 0 fully saturated rings. The number of hydrogen-bond donors (Lipinski definition) is 1. The Morgan fingerprint density at radius 3 is 2.46 bits per heavy atom. The van der Waals surface area contributed by atoms with Crippen LogP contribution >= 0.6 is 27.7 Å². The molecule has 1 N–H and O–H groups in total. The molecule has 3 nitrogen and oxygen atoms in total. The maximum atomic E-state index is 11.8. The lowest BCUT2D eigenvalue weighted by molar-refractivity contribution is -0.118. The van der Waals surface area contributed by atoms with Gasteiger partial charge < -0.3 is 10.1 Å². The summed E-state index contributed by atoms with van der Waals surface area (Å²) < 4.78 is 6.74. The van der Waals surface area contributed by atoms with Crippen molar-refractivity contribution in [2.75, 3.05) is 18.9 Å². The van der Waals surface area contributed by atoms with Crippen LogP contribution in [0.5, 0.6) is 5.75 Å². The minimum absolute atomic E-state index is 0.0427. The van der Waals surface area contributed by atoms with E-state index in [4.69, 9.17) is 4.74 Å². The van der Waals surface area contributed by atoms with Gasteiger partial charge in [0.15, 0.2) is 0 Å². The summed E-state index contributed by atoms with van der Waals surface area (Å²) in [5, 5.41) is 2.89. The third kappa shape index (κ3) is 6.97. The number of nitrogens with one attached hydrogen (secondary N) is 1. The topological polar surface area (TPSA) is 38.3 Å². The minimum atomic E-state index is 0.0427. The zero-order valence-electron chi connectivity index (χ0n) is 14.0. The number of thioether (sulfide) groups is 1. The van der Waals surface area contributed by atoms with Crippen molar-refractivity contribution in [3.63, 3.8) is 0 Å². The predicted molar refractivity (Wildman–Crippen MR) is 105 cm³/mol. The Labute approximate surface area is 156 Å². The monoisotopic (exact) mass is 407 g/mol. The van der Waals surface area contributed by atoms with E-state index >= 15 is 0 Å². The van der Waals surface area contributed by atoms with E-state index in [9.17, 15) is 4.79 Å². The minimum Gasteiger partial charge on any atom is -0.492 e. The Bertz CT molecular complexity index is 653. The zero-order chi connectivity index (χ0) is 17.4. The molecule has 2 rings (SSSR count). The number of hydrogen-bond acceptors (Lipinski definition) is 3. The molecular weight excluding hydrogens is 386 g/mol. The molecule has 0 radical (unpaired) electrons. The number of carbonyl (C=O) groups excluding carboxylic acids is 1. The molecule has 5 heteroatoms. The summed E-state index contributed by atoms with van der Waals surface area (Å²) in [5.41, 5.74) is 3.57. The van der Waals surface area contributed by atoms with Crippen LogP contribution < -0.4 is 10.1 Å². The molecule has 2 aromatic carbocycles. The van der Waals surface area contributed by atoms with E-state index in [-0.39, 0.29) is 5.91 Å². The number of benzene rings is 2. The molecule has 0 aliphatic rings. The Balaban J connectivity index is 1.60. The summed E-state index contributed by atoms with van der Waals surface area (Å²) in [6.07, 6.45) is 0. The molecule has 24 heavy (non-hydrogen) atoms. The van der Waals surface area contributed by atoms with E-state index in [1.165, 1.54) is 16.7 Å². The third-order valence-electron chi connectivity index (χ3n) is 3.30. The molecule has 0 aliphatic heterocycles. The van der Waals surface area contributed by atoms with Crippen LogP contribution in [0, 0.1) is 13.8 Å². The Morgan fingerprint density at radius 1 is 1.12 bits per heavy atom. The predicted octanol–water partition coefficient (Wildman–Crippen LogP) is 4.49. The van der Waals surface area contributed by atoms with Crippen LogP contribution in [0.3, 0.4) is 0 Å². The Hall–Kier alpha value is -1.46. The van der Waals surface area contributed by atoms with Crippen LogP contribution in [0.4, 0.5) is 0 Å². The molecule has 0 saturated heterocycles. The molecule has 0 unspecified atom stereocenters. The van der Waals surface area contributed by atoms with Gasteiger partial charge in [-0.3, -0.25) is 4.79 Å². The molecule has 2 aromatic rings. The molecule has 1 amide bonds. The van der Waals surface area contributed by atoms with Gasteiger partial charge in [-0.05, 0) is 54.8 Å². The van der Waals surface area contributed by atoms with Crippen LogP contribution in [0.15, 0.2) is 46.9 Å². The number of aryl methyl sites for hydroxylation is 2. The fraction of sp³-hybridized carbons (Fsp3) is 0.316. The largest absolute Gasteiger partial charge is 0.492 e. The molecule has 0 aromatic heterocycles. The van der Waals surface area contributed by atoms with E-state index < -0.39 is 0 Å². The van der Waals surface area contributed by atoms with Gasteiger partial charge in [-0.1, -0.05) is 34.1 Å². The van der Waals surface area contributed by atoms with Crippen LogP contribution in [0.2, 0.25) is 0 Å². The van der Waals surface area contributed by atoms with Gasteiger partial charge in [-0.15, -0.1) is 11.8 Å². The van der Waals surface area contributed by atoms with Crippen molar-refractivity contribution in [3.8, 4) is 5.75 Å². The highest BCUT2D eigenvalue weighted by Crippen LogP contribution is 2.16. The smallest absolute Gasteiger partial charge is 0.230 e. The first kappa shape index (κ1) is 18.9. The van der Waals surface area contributed by atoms with Crippen molar-refractivity contribution in [1.82, 2.24) is 5.32 Å². The lowest BCUT2D eigenvalue weighted by atomic mass is 10.1. The quantitative estimate of drug-likeness (QED) is 0.654. The SMILES string of the molecule is Cc1cc(C)cc(OCCNC(=O)CSCc2ccc(Br)cc2)c1. The summed E-state index contributed by atoms with van der Waals surface area (Å²) in [6.45, 7) is 5.09. The zero-order valence-corrected chi connectivity index (χ0v) is 16.4. The van der Waals surface area contributed by atoms with Gasteiger partial charge in [0.1, 0.15) is 12.4 Å². The van der Waals surface area contributed by atoms with Gasteiger partial charge in [0.05, 0.1) is 12.3 Å². The summed E-state index contributed by atoms with van der Waals surface area (Å²) in [6, 6.07) is 14.3. The second-order valence-electron chi connectivity index (χ2n) is 5.64. The van der Waals surface area contributed by atoms with E-state index in [2.05, 4.69) is 39.4 Å². The number of halogens is 1. The lowest BCUT2D eigenvalue weighted by Gasteiger charge is -2.09. The highest BCUT2D eigenvalue weighted by atomic mass is 79.9. The van der Waals surface area contributed by atoms with Crippen molar-refractivity contribution < 1.29 is 9.53 Å². The fourth-order valence-electron chi connectivity index (χ4n) is 2.27. The van der Waals surface area contributed by atoms with Gasteiger partial charge in [-0.25, -0.2) is 0 Å². The molecule has 0 heterocycles. The number of amides is 1. The van der Waals surface area contributed by atoms with Crippen LogP contribution in [-0.4, -0.2) is 24.8 Å². The van der Waals surface area contributed by atoms with Gasteiger partial charge in [-0.2, -0.15) is 0 Å². The molecule has 0 bridgehead atoms. The summed E-state index contributed by atoms with van der Waals surface area (Å²) >= 11 is 5.02. The molecule has 0 aliphatic carbocycles. The Kier molecular flexibility index (Phi) is 7.66. The van der Waals surface area contributed by atoms with Gasteiger partial charge in [0.25, 0.3) is 0 Å². The first-order chi connectivity index (χ1) is 11.5. The van der Waals surface area contributed by atoms with Crippen molar-refractivity contribution in [2.45, 2.75) is 19.6 Å². The second kappa shape index (κ2) is 9.74. The van der Waals surface area contributed by atoms with E-state index in [0.29, 0.717) is 18.9 Å². The van der Waals surface area contributed by atoms with Gasteiger partial charge in [0.2, 0.25) is 5.91 Å². The highest BCUT2D eigenvalue weighted by molar-refractivity contribution is 9.10. The maximum Gasteiger partial charge on any atom is 0.230 e. The number of ether oxygens (including phenoxy) is 1. The average molecular weight is 408 g/mol. The van der Waals surface area contributed by atoms with Gasteiger partial charge >= 0.3 is 0 Å². The van der Waals surface area contributed by atoms with Crippen LogP contribution in [0.1, 0.15) is 16.7 Å². The molecule has 0 saturated carbocycles. The summed E-state index contributed by atoms with van der Waals surface area (Å²) in [5.74, 6) is 2.19. The van der Waals surface area contributed by atoms with E-state index in [1.807, 2.05) is 38.1 Å². The fourth-order valence-corrected chi connectivity index (χ4v) is 3.35. The Morgan fingerprint density at radius 2 is 1.79 bits per heavy atom. The average Bonchev–Trinajstić information content (AvgIpc) is 2.53. The summed E-state index contributed by atoms with van der Waals surface area (Å²) in [4.78, 5) is 11.8. The first-order valence-corrected chi connectivity index (χ1v) is 9.78. The van der Waals surface area contributed by atoms with Crippen molar-refractivity contribution in [3.05, 3.63) is 63.6 Å². The molecule has 0 spiro atoms. The van der Waals surface area contributed by atoms with E-state index in [1.54, 1.807) is 11.8 Å². The number of rotatable bonds is 8. The van der Waals surface area contributed by atoms with Crippen molar-refractivity contribution >= 4 is 33.6 Å². The van der Waals surface area contributed by atoms with Crippen LogP contribution in [0.25, 0.3) is 0 Å². The van der Waals surface area contributed by atoms with E-state index in [0.717, 1.165) is 16.0 Å². The van der Waals surface area contributed by atoms with Crippen molar-refractivity contribution in [1.29, 1.82) is 0 Å². The van der Waals surface area contributed by atoms with Gasteiger partial charge in [0, 0.05) is 10.2 Å². The number of carbonyl (C=O) groups is 1. The van der Waals surface area contributed by atoms with Crippen LogP contribution in [-0.2, 0) is 10.5 Å². The summed E-state index contributed by atoms with van der Waals surface area (Å²) in [7, 11) is 0. The normalized spacial score (nSPS) is 10.5. The first-order valence-electron chi connectivity index (χ1n) is 7.83. The molecule has 0 atom stereocenters. The highest BCUT2D eigenvalue weighted by Gasteiger charge is 2.02. The van der Waals surface area contributed by atoms with Crippen molar-refractivity contribution in [2.24, 2.45) is 0 Å². The molecule has 128 valence electrons.